The van der Waals surface area contributed by atoms with Crippen molar-refractivity contribution in [3.05, 3.63) is 48.0 Å². The van der Waals surface area contributed by atoms with E-state index >= 15 is 0 Å². The van der Waals surface area contributed by atoms with Crippen LogP contribution in [0.5, 0.6) is 5.75 Å². The number of rotatable bonds is 9. The number of nitrogens with zero attached hydrogens (tertiary/aromatic N) is 2. The summed E-state index contributed by atoms with van der Waals surface area (Å²) in [6.07, 6.45) is 0.991. The van der Waals surface area contributed by atoms with Crippen LogP contribution in [0, 0.1) is 5.92 Å². The number of hydrogen-bond acceptors (Lipinski definition) is 5. The number of sulfonamides is 1. The van der Waals surface area contributed by atoms with Crippen molar-refractivity contribution in [2.24, 2.45) is 5.92 Å². The fourth-order valence-corrected chi connectivity index (χ4v) is 5.42. The van der Waals surface area contributed by atoms with E-state index in [1.54, 1.807) is 18.7 Å². The Morgan fingerprint density at radius 2 is 1.79 bits per heavy atom. The van der Waals surface area contributed by atoms with Crippen molar-refractivity contribution in [1.29, 1.82) is 0 Å². The lowest BCUT2D eigenvalue weighted by Gasteiger charge is -2.20. The van der Waals surface area contributed by atoms with Crippen molar-refractivity contribution in [1.82, 2.24) is 4.31 Å². The summed E-state index contributed by atoms with van der Waals surface area (Å²) in [5, 5.41) is 2.78. The minimum absolute atomic E-state index is 0.0717. The van der Waals surface area contributed by atoms with Crippen LogP contribution in [0.1, 0.15) is 32.8 Å². The first-order valence-electron chi connectivity index (χ1n) is 11.1. The molecule has 0 spiro atoms. The lowest BCUT2D eigenvalue weighted by atomic mass is 10.1. The Morgan fingerprint density at radius 1 is 1.12 bits per heavy atom. The Bertz CT molecular complexity index is 1110. The lowest BCUT2D eigenvalue weighted by molar-refractivity contribution is -0.122. The van der Waals surface area contributed by atoms with Gasteiger partial charge in [-0.1, -0.05) is 32.9 Å². The average Bonchev–Trinajstić information content (AvgIpc) is 3.21. The van der Waals surface area contributed by atoms with Gasteiger partial charge in [0.15, 0.2) is 0 Å². The zero-order valence-electron chi connectivity index (χ0n) is 19.5. The molecular formula is C24H31N3O5S. The maximum absolute atomic E-state index is 13.0. The van der Waals surface area contributed by atoms with Crippen LogP contribution < -0.4 is 15.0 Å². The highest BCUT2D eigenvalue weighted by Crippen LogP contribution is 2.31. The predicted molar refractivity (Wildman–Crippen MR) is 128 cm³/mol. The topological polar surface area (TPSA) is 96.0 Å². The molecule has 9 heteroatoms. The zero-order valence-corrected chi connectivity index (χ0v) is 20.3. The molecular weight excluding hydrogens is 442 g/mol. The van der Waals surface area contributed by atoms with Gasteiger partial charge < -0.3 is 15.0 Å². The number of benzene rings is 2. The van der Waals surface area contributed by atoms with Crippen LogP contribution in [0.2, 0.25) is 0 Å². The Morgan fingerprint density at radius 3 is 2.36 bits per heavy atom. The predicted octanol–water partition coefficient (Wildman–Crippen LogP) is 3.28. The first-order valence-corrected chi connectivity index (χ1v) is 12.6. The van der Waals surface area contributed by atoms with Gasteiger partial charge in [-0.25, -0.2) is 8.42 Å². The summed E-state index contributed by atoms with van der Waals surface area (Å²) in [4.78, 5) is 27.3. The molecule has 1 aliphatic rings. The highest BCUT2D eigenvalue weighted by atomic mass is 32.2. The van der Waals surface area contributed by atoms with Gasteiger partial charge in [-0.15, -0.1) is 0 Å². The Labute approximate surface area is 195 Å². The van der Waals surface area contributed by atoms with Crippen molar-refractivity contribution in [2.45, 2.75) is 38.5 Å². The van der Waals surface area contributed by atoms with Crippen molar-refractivity contribution in [3.8, 4) is 5.75 Å². The molecule has 0 radical (unpaired) electrons. The van der Waals surface area contributed by atoms with Gasteiger partial charge in [0.05, 0.1) is 23.6 Å². The number of anilines is 2. The van der Waals surface area contributed by atoms with Gasteiger partial charge in [-0.05, 0) is 42.3 Å². The molecule has 2 aromatic carbocycles. The molecule has 2 aromatic rings. The number of methoxy groups -OCH3 is 1. The van der Waals surface area contributed by atoms with E-state index in [2.05, 4.69) is 12.2 Å². The SMILES string of the molecule is CCc1ccc(N2CC(C(=O)Nc3cc(S(=O)(=O)N(CC)CC)ccc3OC)CC2=O)cc1. The van der Waals surface area contributed by atoms with Crippen LogP contribution in [-0.2, 0) is 26.0 Å². The second-order valence-corrected chi connectivity index (χ2v) is 9.80. The van der Waals surface area contributed by atoms with Crippen LogP contribution in [0.3, 0.4) is 0 Å². The molecule has 1 unspecified atom stereocenters. The van der Waals surface area contributed by atoms with E-state index in [-0.39, 0.29) is 35.4 Å². The van der Waals surface area contributed by atoms with Gasteiger partial charge in [0.1, 0.15) is 5.75 Å². The van der Waals surface area contributed by atoms with E-state index in [1.165, 1.54) is 35.2 Å². The molecule has 1 aliphatic heterocycles. The smallest absolute Gasteiger partial charge is 0.243 e. The number of hydrogen-bond donors (Lipinski definition) is 1. The van der Waals surface area contributed by atoms with E-state index in [4.69, 9.17) is 4.74 Å². The van der Waals surface area contributed by atoms with Crippen LogP contribution in [0.25, 0.3) is 0 Å². The second-order valence-electron chi connectivity index (χ2n) is 7.87. The standard InChI is InChI=1S/C24H31N3O5S/c1-5-17-8-10-19(11-9-17)27-16-18(14-23(27)28)24(29)25-21-15-20(12-13-22(21)32-4)33(30,31)26(6-2)7-3/h8-13,15,18H,5-7,14,16H2,1-4H3,(H,25,29). The highest BCUT2D eigenvalue weighted by molar-refractivity contribution is 7.89. The van der Waals surface area contributed by atoms with Gasteiger partial charge in [-0.2, -0.15) is 4.31 Å². The van der Waals surface area contributed by atoms with E-state index in [0.29, 0.717) is 18.8 Å². The second kappa shape index (κ2) is 10.4. The fraction of sp³-hybridized carbons (Fsp3) is 0.417. The summed E-state index contributed by atoms with van der Waals surface area (Å²) in [7, 11) is -2.25. The van der Waals surface area contributed by atoms with Gasteiger partial charge in [-0.3, -0.25) is 9.59 Å². The molecule has 1 N–H and O–H groups in total. The minimum Gasteiger partial charge on any atom is -0.495 e. The van der Waals surface area contributed by atoms with Crippen LogP contribution >= 0.6 is 0 Å². The molecule has 1 saturated heterocycles. The number of carbonyl (C=O) groups is 2. The van der Waals surface area contributed by atoms with E-state index in [9.17, 15) is 18.0 Å². The number of carbonyl (C=O) groups excluding carboxylic acids is 2. The van der Waals surface area contributed by atoms with E-state index in [0.717, 1.165) is 12.1 Å². The monoisotopic (exact) mass is 473 g/mol. The van der Waals surface area contributed by atoms with Gasteiger partial charge in [0, 0.05) is 31.7 Å². The summed E-state index contributed by atoms with van der Waals surface area (Å²) in [5.41, 5.74) is 2.19. The Balaban J connectivity index is 1.80. The molecule has 0 saturated carbocycles. The molecule has 0 aliphatic carbocycles. The zero-order chi connectivity index (χ0) is 24.2. The highest BCUT2D eigenvalue weighted by Gasteiger charge is 2.35. The quantitative estimate of drug-likeness (QED) is 0.603. The molecule has 1 atom stereocenters. The number of ether oxygens (including phenoxy) is 1. The summed E-state index contributed by atoms with van der Waals surface area (Å²) < 4.78 is 32.5. The normalized spacial score (nSPS) is 16.3. The van der Waals surface area contributed by atoms with Gasteiger partial charge in [0.2, 0.25) is 21.8 Å². The molecule has 8 nitrogen and oxygen atoms in total. The summed E-state index contributed by atoms with van der Waals surface area (Å²) in [6, 6.07) is 12.1. The molecule has 1 fully saturated rings. The van der Waals surface area contributed by atoms with E-state index in [1.807, 2.05) is 24.3 Å². The van der Waals surface area contributed by atoms with Crippen LogP contribution in [0.4, 0.5) is 11.4 Å². The van der Waals surface area contributed by atoms with Crippen molar-refractivity contribution in [3.63, 3.8) is 0 Å². The first-order chi connectivity index (χ1) is 15.7. The number of nitrogens with one attached hydrogen (secondary N) is 1. The van der Waals surface area contributed by atoms with Crippen LogP contribution in [-0.4, -0.2) is 51.3 Å². The van der Waals surface area contributed by atoms with Crippen molar-refractivity contribution < 1.29 is 22.7 Å². The van der Waals surface area contributed by atoms with Gasteiger partial charge in [0.25, 0.3) is 0 Å². The summed E-state index contributed by atoms with van der Waals surface area (Å²) in [5.74, 6) is -0.690. The van der Waals surface area contributed by atoms with Crippen molar-refractivity contribution in [2.75, 3.05) is 37.0 Å². The summed E-state index contributed by atoms with van der Waals surface area (Å²) >= 11 is 0. The number of aryl methyl sites for hydroxylation is 1. The molecule has 33 heavy (non-hydrogen) atoms. The third-order valence-electron chi connectivity index (χ3n) is 5.92. The van der Waals surface area contributed by atoms with Crippen LogP contribution in [0.15, 0.2) is 47.4 Å². The maximum atomic E-state index is 13.0. The molecule has 2 amide bonds. The molecule has 178 valence electrons. The Hall–Kier alpha value is -2.91. The largest absolute Gasteiger partial charge is 0.495 e. The van der Waals surface area contributed by atoms with E-state index < -0.39 is 15.9 Å². The average molecular weight is 474 g/mol. The first kappa shape index (κ1) is 24.7. The Kier molecular flexibility index (Phi) is 7.76. The fourth-order valence-electron chi connectivity index (χ4n) is 3.94. The molecule has 1 heterocycles. The molecule has 0 bridgehead atoms. The molecule has 0 aromatic heterocycles. The third kappa shape index (κ3) is 5.20. The van der Waals surface area contributed by atoms with Gasteiger partial charge >= 0.3 is 0 Å². The minimum atomic E-state index is -3.70. The van der Waals surface area contributed by atoms with Crippen molar-refractivity contribution >= 4 is 33.2 Å². The molecule has 3 rings (SSSR count). The maximum Gasteiger partial charge on any atom is 0.243 e. The summed E-state index contributed by atoms with van der Waals surface area (Å²) in [6.45, 7) is 6.54. The number of amides is 2. The lowest BCUT2D eigenvalue weighted by Crippen LogP contribution is -2.31. The third-order valence-corrected chi connectivity index (χ3v) is 7.97.